The maximum absolute atomic E-state index is 12.5. The first-order valence-electron chi connectivity index (χ1n) is 6.98. The van der Waals surface area contributed by atoms with Gasteiger partial charge in [-0.2, -0.15) is 18.2 Å². The predicted octanol–water partition coefficient (Wildman–Crippen LogP) is 0.100. The molecular formula is C17H15N2NaO2S. The summed E-state index contributed by atoms with van der Waals surface area (Å²) in [5.74, 6) is 0.817. The van der Waals surface area contributed by atoms with Gasteiger partial charge in [0, 0.05) is 6.54 Å². The zero-order valence-corrected chi connectivity index (χ0v) is 16.0. The third-order valence-corrected chi connectivity index (χ3v) is 3.92. The van der Waals surface area contributed by atoms with Crippen LogP contribution in [0.1, 0.15) is 5.56 Å². The SMILES string of the molecule is COc1ccc(CCn2c(=S)nc3cccc[c-]3c2=O)cc1.[Na+]. The number of nitrogens with zero attached hydrogens (tertiary/aromatic N) is 2. The summed E-state index contributed by atoms with van der Waals surface area (Å²) in [5, 5.41) is 0.603. The molecule has 0 fully saturated rings. The Morgan fingerprint density at radius 1 is 1.22 bits per heavy atom. The first-order valence-corrected chi connectivity index (χ1v) is 7.39. The summed E-state index contributed by atoms with van der Waals surface area (Å²) in [6.45, 7) is 0.516. The predicted molar refractivity (Wildman–Crippen MR) is 89.1 cm³/mol. The number of aromatic nitrogens is 2. The van der Waals surface area contributed by atoms with Gasteiger partial charge in [-0.25, -0.2) is 4.98 Å². The number of methoxy groups -OCH3 is 1. The quantitative estimate of drug-likeness (QED) is 0.386. The fraction of sp³-hybridized carbons (Fsp3) is 0.176. The van der Waals surface area contributed by atoms with Gasteiger partial charge in [0.05, 0.1) is 7.11 Å². The van der Waals surface area contributed by atoms with E-state index in [0.29, 0.717) is 28.6 Å². The fourth-order valence-corrected chi connectivity index (χ4v) is 2.65. The van der Waals surface area contributed by atoms with Crippen molar-refractivity contribution in [2.75, 3.05) is 7.11 Å². The second kappa shape index (κ2) is 7.93. The Bertz CT molecular complexity index is 916. The molecule has 23 heavy (non-hydrogen) atoms. The number of hydrogen-bond donors (Lipinski definition) is 0. The van der Waals surface area contributed by atoms with Gasteiger partial charge in [-0.3, -0.25) is 9.36 Å². The Balaban J connectivity index is 0.00000192. The summed E-state index contributed by atoms with van der Waals surface area (Å²) in [6.07, 6.45) is 0.716. The first kappa shape index (κ1) is 17.9. The average Bonchev–Trinajstić information content (AvgIpc) is 2.55. The van der Waals surface area contributed by atoms with Gasteiger partial charge in [0.15, 0.2) is 4.77 Å². The van der Waals surface area contributed by atoms with Crippen LogP contribution in [0.2, 0.25) is 0 Å². The van der Waals surface area contributed by atoms with Gasteiger partial charge in [0.1, 0.15) is 5.75 Å². The maximum atomic E-state index is 12.5. The zero-order valence-electron chi connectivity index (χ0n) is 13.2. The Morgan fingerprint density at radius 2 is 1.96 bits per heavy atom. The Kier molecular flexibility index (Phi) is 6.18. The fourth-order valence-electron chi connectivity index (χ4n) is 2.38. The molecule has 0 atom stereocenters. The van der Waals surface area contributed by atoms with Crippen molar-refractivity contribution in [1.82, 2.24) is 9.55 Å². The Morgan fingerprint density at radius 3 is 2.65 bits per heavy atom. The van der Waals surface area contributed by atoms with Gasteiger partial charge in [0.25, 0.3) is 0 Å². The summed E-state index contributed by atoms with van der Waals surface area (Å²) in [5.41, 5.74) is 1.69. The molecule has 6 heteroatoms. The van der Waals surface area contributed by atoms with Crippen LogP contribution in [-0.4, -0.2) is 16.7 Å². The summed E-state index contributed by atoms with van der Waals surface area (Å²) < 4.78 is 7.02. The molecule has 4 nitrogen and oxygen atoms in total. The van der Waals surface area contributed by atoms with E-state index < -0.39 is 0 Å². The van der Waals surface area contributed by atoms with Crippen LogP contribution in [0.5, 0.6) is 5.75 Å². The van der Waals surface area contributed by atoms with Gasteiger partial charge >= 0.3 is 29.6 Å². The third-order valence-electron chi connectivity index (χ3n) is 3.61. The number of para-hydroxylation sites is 1. The number of aryl methyl sites for hydroxylation is 1. The van der Waals surface area contributed by atoms with Crippen LogP contribution in [0.25, 0.3) is 10.9 Å². The number of fused-ring (bicyclic) bond motifs is 1. The summed E-state index contributed by atoms with van der Waals surface area (Å²) in [6, 6.07) is 15.1. The number of hydrogen-bond acceptors (Lipinski definition) is 4. The van der Waals surface area contributed by atoms with Crippen LogP contribution in [0.3, 0.4) is 0 Å². The van der Waals surface area contributed by atoms with Gasteiger partial charge in [-0.1, -0.05) is 12.1 Å². The van der Waals surface area contributed by atoms with Gasteiger partial charge in [0.2, 0.25) is 5.56 Å². The molecule has 1 heterocycles. The zero-order chi connectivity index (χ0) is 15.5. The smallest absolute Gasteiger partial charge is 0.497 e. The van der Waals surface area contributed by atoms with Crippen molar-refractivity contribution < 1.29 is 34.3 Å². The van der Waals surface area contributed by atoms with E-state index in [9.17, 15) is 4.79 Å². The van der Waals surface area contributed by atoms with Crippen LogP contribution in [0.15, 0.2) is 53.3 Å². The number of rotatable bonds is 4. The molecule has 3 rings (SSSR count). The van der Waals surface area contributed by atoms with Gasteiger partial charge < -0.3 is 4.74 Å². The molecule has 0 bridgehead atoms. The van der Waals surface area contributed by atoms with Crippen LogP contribution in [0.4, 0.5) is 0 Å². The van der Waals surface area contributed by atoms with Crippen molar-refractivity contribution in [2.24, 2.45) is 0 Å². The van der Waals surface area contributed by atoms with E-state index in [1.165, 1.54) is 0 Å². The Labute approximate surface area is 161 Å². The Hall–Kier alpha value is -1.40. The van der Waals surface area contributed by atoms with Crippen molar-refractivity contribution in [1.29, 1.82) is 0 Å². The van der Waals surface area contributed by atoms with E-state index >= 15 is 0 Å². The van der Waals surface area contributed by atoms with Crippen LogP contribution >= 0.6 is 12.2 Å². The minimum absolute atomic E-state index is 0. The van der Waals surface area contributed by atoms with Crippen molar-refractivity contribution >= 4 is 23.1 Å². The molecule has 2 aromatic carbocycles. The molecule has 0 saturated heterocycles. The minimum Gasteiger partial charge on any atom is -0.497 e. The largest absolute Gasteiger partial charge is 1.00 e. The molecule has 0 aliphatic heterocycles. The van der Waals surface area contributed by atoms with E-state index in [2.05, 4.69) is 4.98 Å². The molecule has 0 spiro atoms. The van der Waals surface area contributed by atoms with E-state index in [1.807, 2.05) is 36.4 Å². The number of ether oxygens (including phenoxy) is 1. The molecule has 0 amide bonds. The monoisotopic (exact) mass is 334 g/mol. The molecule has 0 unspecified atom stereocenters. The van der Waals surface area contributed by atoms with Gasteiger partial charge in [-0.15, -0.1) is 6.07 Å². The maximum Gasteiger partial charge on any atom is 1.00 e. The normalized spacial score (nSPS) is 10.3. The molecule has 3 aromatic rings. The van der Waals surface area contributed by atoms with Crippen LogP contribution in [0, 0.1) is 4.77 Å². The van der Waals surface area contributed by atoms with Crippen LogP contribution in [-0.2, 0) is 13.0 Å². The summed E-state index contributed by atoms with van der Waals surface area (Å²) in [7, 11) is 1.64. The summed E-state index contributed by atoms with van der Waals surface area (Å²) >= 11 is 5.25. The van der Waals surface area contributed by atoms with Crippen molar-refractivity contribution in [3.8, 4) is 5.75 Å². The average molecular weight is 334 g/mol. The number of benzene rings is 2. The minimum atomic E-state index is -0.0795. The van der Waals surface area contributed by atoms with Gasteiger partial charge in [-0.05, 0) is 47.2 Å². The molecule has 0 saturated carbocycles. The molecule has 112 valence electrons. The first-order chi connectivity index (χ1) is 10.7. The molecular weight excluding hydrogens is 319 g/mol. The standard InChI is InChI=1S/C17H15N2O2S.Na/c1-21-13-8-6-12(7-9-13)10-11-19-16(20)14-4-2-3-5-15(14)18-17(19)22;/h2-9H,10-11H2,1H3;/q-1;+1. The third kappa shape index (κ3) is 3.93. The van der Waals surface area contributed by atoms with Crippen LogP contribution < -0.4 is 39.9 Å². The van der Waals surface area contributed by atoms with Crippen molar-refractivity contribution in [3.05, 3.63) is 69.2 Å². The van der Waals surface area contributed by atoms with E-state index in [-0.39, 0.29) is 35.1 Å². The van der Waals surface area contributed by atoms with E-state index in [0.717, 1.165) is 11.3 Å². The molecule has 0 N–H and O–H groups in total. The molecule has 0 aliphatic rings. The van der Waals surface area contributed by atoms with E-state index in [4.69, 9.17) is 17.0 Å². The second-order valence-corrected chi connectivity index (χ2v) is 5.33. The molecule has 1 aromatic heterocycles. The topological polar surface area (TPSA) is 44.1 Å². The molecule has 0 aliphatic carbocycles. The van der Waals surface area contributed by atoms with E-state index in [1.54, 1.807) is 23.8 Å². The van der Waals surface area contributed by atoms with Crippen molar-refractivity contribution in [3.63, 3.8) is 0 Å². The molecule has 0 radical (unpaired) electrons. The van der Waals surface area contributed by atoms with Crippen molar-refractivity contribution in [2.45, 2.75) is 13.0 Å². The summed E-state index contributed by atoms with van der Waals surface area (Å²) in [4.78, 5) is 16.8. The second-order valence-electron chi connectivity index (χ2n) is 4.97.